The van der Waals surface area contributed by atoms with Gasteiger partial charge in [0.05, 0.1) is 6.42 Å². The molecule has 0 spiro atoms. The Bertz CT molecular complexity index is 286. The Labute approximate surface area is 103 Å². The number of nitrogens with zero attached hydrogens (tertiary/aromatic N) is 1. The molecule has 4 heteroatoms. The summed E-state index contributed by atoms with van der Waals surface area (Å²) in [5.41, 5.74) is 1.03. The number of ether oxygens (including phenoxy) is 3. The van der Waals surface area contributed by atoms with Gasteiger partial charge in [0.15, 0.2) is 0 Å². The Kier molecular flexibility index (Phi) is 6.11. The van der Waals surface area contributed by atoms with Gasteiger partial charge in [0, 0.05) is 32.2 Å². The lowest BCUT2D eigenvalue weighted by Crippen LogP contribution is -2.41. The first-order valence-electron chi connectivity index (χ1n) is 6.07. The highest BCUT2D eigenvalue weighted by Gasteiger charge is 2.32. The molecule has 4 nitrogen and oxygen atoms in total. The highest BCUT2D eigenvalue weighted by Crippen LogP contribution is 2.21. The topological polar surface area (TPSA) is 40.6 Å². The number of aromatic nitrogens is 1. The predicted octanol–water partition coefficient (Wildman–Crippen LogP) is 2.39. The van der Waals surface area contributed by atoms with E-state index in [1.807, 2.05) is 32.9 Å². The molecule has 1 rings (SSSR count). The van der Waals surface area contributed by atoms with E-state index < -0.39 is 5.97 Å². The summed E-state index contributed by atoms with van der Waals surface area (Å²) in [5.74, 6) is -0.985. The molecule has 0 N–H and O–H groups in total. The molecule has 1 aromatic heterocycles. The molecule has 1 aromatic rings. The van der Waals surface area contributed by atoms with E-state index in [1.54, 1.807) is 12.4 Å². The van der Waals surface area contributed by atoms with Crippen LogP contribution in [0.1, 0.15) is 26.3 Å². The van der Waals surface area contributed by atoms with Gasteiger partial charge in [-0.25, -0.2) is 0 Å². The molecular weight excluding hydrogens is 218 g/mol. The molecule has 0 aliphatic carbocycles. The van der Waals surface area contributed by atoms with Crippen molar-refractivity contribution in [1.82, 2.24) is 4.98 Å². The Hall–Kier alpha value is -0.970. The van der Waals surface area contributed by atoms with Crippen molar-refractivity contribution >= 4 is 0 Å². The third-order valence-electron chi connectivity index (χ3n) is 2.24. The van der Waals surface area contributed by atoms with Crippen LogP contribution in [0.5, 0.6) is 0 Å². The molecular formula is C13H21NO3. The van der Waals surface area contributed by atoms with E-state index in [4.69, 9.17) is 14.2 Å². The first kappa shape index (κ1) is 14.1. The van der Waals surface area contributed by atoms with E-state index in [-0.39, 0.29) is 0 Å². The average Bonchev–Trinajstić information content (AvgIpc) is 2.31. The number of hydrogen-bond acceptors (Lipinski definition) is 4. The fraction of sp³-hybridized carbons (Fsp3) is 0.615. The minimum absolute atomic E-state index is 0.538. The Morgan fingerprint density at radius 3 is 2.06 bits per heavy atom. The lowest BCUT2D eigenvalue weighted by atomic mass is 10.2. The van der Waals surface area contributed by atoms with Gasteiger partial charge in [-0.1, -0.05) is 6.07 Å². The summed E-state index contributed by atoms with van der Waals surface area (Å²) in [6.07, 6.45) is 4.08. The monoisotopic (exact) mass is 239 g/mol. The Balaban J connectivity index is 2.80. The van der Waals surface area contributed by atoms with Crippen LogP contribution in [-0.4, -0.2) is 30.8 Å². The van der Waals surface area contributed by atoms with E-state index in [0.717, 1.165) is 5.56 Å². The molecule has 0 saturated heterocycles. The normalized spacial score (nSPS) is 11.7. The van der Waals surface area contributed by atoms with Crippen molar-refractivity contribution in [2.24, 2.45) is 0 Å². The average molecular weight is 239 g/mol. The Morgan fingerprint density at radius 1 is 1.06 bits per heavy atom. The number of hydrogen-bond donors (Lipinski definition) is 0. The van der Waals surface area contributed by atoms with Crippen LogP contribution in [-0.2, 0) is 20.6 Å². The molecule has 0 atom stereocenters. The summed E-state index contributed by atoms with van der Waals surface area (Å²) >= 11 is 0. The third kappa shape index (κ3) is 4.42. The van der Waals surface area contributed by atoms with Crippen LogP contribution in [0.2, 0.25) is 0 Å². The van der Waals surface area contributed by atoms with Crippen LogP contribution in [0, 0.1) is 0 Å². The van der Waals surface area contributed by atoms with Crippen LogP contribution >= 0.6 is 0 Å². The molecule has 1 heterocycles. The van der Waals surface area contributed by atoms with Crippen molar-refractivity contribution in [1.29, 1.82) is 0 Å². The first-order valence-corrected chi connectivity index (χ1v) is 6.07. The number of pyridine rings is 1. The molecule has 96 valence electrons. The maximum absolute atomic E-state index is 5.64. The molecule has 0 unspecified atom stereocenters. The second-order valence-corrected chi connectivity index (χ2v) is 3.52. The minimum Gasteiger partial charge on any atom is -0.327 e. The van der Waals surface area contributed by atoms with Gasteiger partial charge in [0.25, 0.3) is 5.97 Å². The molecule has 0 aromatic carbocycles. The Morgan fingerprint density at radius 2 is 1.65 bits per heavy atom. The van der Waals surface area contributed by atoms with Crippen molar-refractivity contribution in [2.45, 2.75) is 33.2 Å². The first-order chi connectivity index (χ1) is 8.26. The maximum atomic E-state index is 5.64. The van der Waals surface area contributed by atoms with Gasteiger partial charge in [-0.3, -0.25) is 4.98 Å². The fourth-order valence-corrected chi connectivity index (χ4v) is 1.69. The zero-order valence-electron chi connectivity index (χ0n) is 10.8. The van der Waals surface area contributed by atoms with Crippen molar-refractivity contribution in [3.63, 3.8) is 0 Å². The van der Waals surface area contributed by atoms with Crippen LogP contribution in [0.4, 0.5) is 0 Å². The summed E-state index contributed by atoms with van der Waals surface area (Å²) < 4.78 is 16.9. The molecule has 0 fully saturated rings. The van der Waals surface area contributed by atoms with E-state index in [0.29, 0.717) is 26.2 Å². The smallest absolute Gasteiger partial charge is 0.287 e. The van der Waals surface area contributed by atoms with Crippen molar-refractivity contribution in [3.05, 3.63) is 30.1 Å². The lowest BCUT2D eigenvalue weighted by Gasteiger charge is -2.32. The highest BCUT2D eigenvalue weighted by atomic mass is 16.9. The van der Waals surface area contributed by atoms with E-state index in [1.165, 1.54) is 0 Å². The largest absolute Gasteiger partial charge is 0.327 e. The zero-order chi connectivity index (χ0) is 12.6. The minimum atomic E-state index is -0.985. The van der Waals surface area contributed by atoms with E-state index in [2.05, 4.69) is 4.98 Å². The third-order valence-corrected chi connectivity index (χ3v) is 2.24. The van der Waals surface area contributed by atoms with Crippen LogP contribution in [0.25, 0.3) is 0 Å². The summed E-state index contributed by atoms with van der Waals surface area (Å²) in [5, 5.41) is 0. The molecule has 0 aliphatic heterocycles. The van der Waals surface area contributed by atoms with Crippen LogP contribution < -0.4 is 0 Å². The lowest BCUT2D eigenvalue weighted by molar-refractivity contribution is -0.376. The van der Waals surface area contributed by atoms with E-state index in [9.17, 15) is 0 Å². The summed E-state index contributed by atoms with van der Waals surface area (Å²) in [6.45, 7) is 7.41. The molecule has 17 heavy (non-hydrogen) atoms. The van der Waals surface area contributed by atoms with Gasteiger partial charge in [-0.05, 0) is 32.4 Å². The molecule has 0 amide bonds. The SMILES string of the molecule is CCOC(Cc1cccnc1)(OCC)OCC. The van der Waals surface area contributed by atoms with Crippen molar-refractivity contribution < 1.29 is 14.2 Å². The van der Waals surface area contributed by atoms with Crippen LogP contribution in [0.3, 0.4) is 0 Å². The molecule has 0 saturated carbocycles. The van der Waals surface area contributed by atoms with Crippen LogP contribution in [0.15, 0.2) is 24.5 Å². The zero-order valence-corrected chi connectivity index (χ0v) is 10.8. The predicted molar refractivity (Wildman–Crippen MR) is 65.6 cm³/mol. The van der Waals surface area contributed by atoms with Gasteiger partial charge in [-0.2, -0.15) is 0 Å². The van der Waals surface area contributed by atoms with E-state index >= 15 is 0 Å². The summed E-state index contributed by atoms with van der Waals surface area (Å²) in [7, 11) is 0. The number of rotatable bonds is 8. The molecule has 0 aliphatic rings. The van der Waals surface area contributed by atoms with Crippen molar-refractivity contribution in [3.8, 4) is 0 Å². The molecule has 0 bridgehead atoms. The van der Waals surface area contributed by atoms with Gasteiger partial charge in [0.1, 0.15) is 0 Å². The van der Waals surface area contributed by atoms with Gasteiger partial charge >= 0.3 is 0 Å². The highest BCUT2D eigenvalue weighted by molar-refractivity contribution is 5.09. The van der Waals surface area contributed by atoms with Gasteiger partial charge in [-0.15, -0.1) is 0 Å². The summed E-state index contributed by atoms with van der Waals surface area (Å²) in [4.78, 5) is 4.08. The van der Waals surface area contributed by atoms with Gasteiger partial charge < -0.3 is 14.2 Å². The standard InChI is InChI=1S/C13H21NO3/c1-4-15-13(16-5-2,17-6-3)10-12-8-7-9-14-11-12/h7-9,11H,4-6,10H2,1-3H3. The van der Waals surface area contributed by atoms with Gasteiger partial charge in [0.2, 0.25) is 0 Å². The quantitative estimate of drug-likeness (QED) is 0.653. The summed E-state index contributed by atoms with van der Waals surface area (Å²) in [6, 6.07) is 3.88. The maximum Gasteiger partial charge on any atom is 0.287 e. The fourth-order valence-electron chi connectivity index (χ4n) is 1.69. The van der Waals surface area contributed by atoms with Crippen molar-refractivity contribution in [2.75, 3.05) is 19.8 Å². The molecule has 0 radical (unpaired) electrons. The second-order valence-electron chi connectivity index (χ2n) is 3.52. The second kappa shape index (κ2) is 7.37.